The lowest BCUT2D eigenvalue weighted by Crippen LogP contribution is -2.46. The van der Waals surface area contributed by atoms with Crippen molar-refractivity contribution in [3.05, 3.63) is 88.5 Å². The van der Waals surface area contributed by atoms with Crippen molar-refractivity contribution >= 4 is 22.8 Å². The number of carbonyl (C=O) groups is 1. The van der Waals surface area contributed by atoms with Crippen molar-refractivity contribution in [2.24, 2.45) is 0 Å². The molecule has 0 N–H and O–H groups in total. The molecule has 4 heterocycles. The van der Waals surface area contributed by atoms with Gasteiger partial charge in [-0.25, -0.2) is 4.68 Å². The van der Waals surface area contributed by atoms with Gasteiger partial charge in [-0.2, -0.15) is 0 Å². The number of ketones is 1. The molecule has 1 fully saturated rings. The number of pyridine rings is 1. The smallest absolute Gasteiger partial charge is 0.177 e. The molecule has 0 saturated carbocycles. The van der Waals surface area contributed by atoms with E-state index in [1.165, 1.54) is 4.88 Å². The van der Waals surface area contributed by atoms with Crippen LogP contribution in [0.3, 0.4) is 0 Å². The van der Waals surface area contributed by atoms with Gasteiger partial charge in [0.25, 0.3) is 0 Å². The van der Waals surface area contributed by atoms with Crippen LogP contribution in [0.25, 0.3) is 16.9 Å². The van der Waals surface area contributed by atoms with E-state index in [9.17, 15) is 4.79 Å². The predicted octanol–water partition coefficient (Wildman–Crippen LogP) is 5.73. The number of anilines is 1. The zero-order valence-electron chi connectivity index (χ0n) is 23.2. The quantitative estimate of drug-likeness (QED) is 0.210. The first-order chi connectivity index (χ1) is 18.7. The van der Waals surface area contributed by atoms with E-state index < -0.39 is 0 Å². The lowest BCUT2D eigenvalue weighted by atomic mass is 9.95. The minimum Gasteiger partial charge on any atom is -0.368 e. The van der Waals surface area contributed by atoms with Gasteiger partial charge in [-0.3, -0.25) is 14.7 Å². The average molecular weight is 541 g/mol. The molecule has 1 aromatic carbocycles. The van der Waals surface area contributed by atoms with Crippen LogP contribution < -0.4 is 4.90 Å². The third-order valence-electron chi connectivity index (χ3n) is 7.14. The molecular weight excluding hydrogens is 504 g/mol. The third kappa shape index (κ3) is 6.18. The number of aryl methyl sites for hydroxylation is 1. The second kappa shape index (κ2) is 11.2. The first-order valence-corrected chi connectivity index (χ1v) is 14.2. The van der Waals surface area contributed by atoms with Crippen molar-refractivity contribution < 1.29 is 4.79 Å². The Morgan fingerprint density at radius 1 is 1.08 bits per heavy atom. The normalized spacial score (nSPS) is 14.5. The molecule has 8 heteroatoms. The van der Waals surface area contributed by atoms with Crippen LogP contribution in [0.5, 0.6) is 0 Å². The number of benzene rings is 1. The first-order valence-electron chi connectivity index (χ1n) is 13.4. The highest BCUT2D eigenvalue weighted by Crippen LogP contribution is 2.30. The molecule has 1 aliphatic heterocycles. The van der Waals surface area contributed by atoms with Gasteiger partial charge in [0.15, 0.2) is 5.78 Å². The van der Waals surface area contributed by atoms with Crippen LogP contribution in [0.2, 0.25) is 0 Å². The number of rotatable bonds is 8. The van der Waals surface area contributed by atoms with Crippen LogP contribution in [0, 0.1) is 6.92 Å². The number of piperazine rings is 1. The van der Waals surface area contributed by atoms with Gasteiger partial charge in [0.1, 0.15) is 5.69 Å². The third-order valence-corrected chi connectivity index (χ3v) is 8.69. The van der Waals surface area contributed by atoms with E-state index in [0.717, 1.165) is 71.4 Å². The first kappa shape index (κ1) is 27.0. The monoisotopic (exact) mass is 540 g/mol. The number of hydrogen-bond donors (Lipinski definition) is 0. The number of aromatic nitrogens is 4. The lowest BCUT2D eigenvalue weighted by Gasteiger charge is -2.35. The van der Waals surface area contributed by atoms with E-state index in [1.807, 2.05) is 55.9 Å². The van der Waals surface area contributed by atoms with E-state index >= 15 is 0 Å². The van der Waals surface area contributed by atoms with Crippen molar-refractivity contribution in [1.29, 1.82) is 0 Å². The number of hydrogen-bond acceptors (Lipinski definition) is 7. The van der Waals surface area contributed by atoms with Crippen LogP contribution in [0.1, 0.15) is 46.4 Å². The average Bonchev–Trinajstić information content (AvgIpc) is 3.61. The van der Waals surface area contributed by atoms with Crippen LogP contribution in [0.4, 0.5) is 5.69 Å². The van der Waals surface area contributed by atoms with Gasteiger partial charge in [-0.15, -0.1) is 23.0 Å². The zero-order chi connectivity index (χ0) is 27.6. The van der Waals surface area contributed by atoms with Gasteiger partial charge < -0.3 is 4.90 Å². The molecule has 0 bridgehead atoms. The van der Waals surface area contributed by atoms with Crippen molar-refractivity contribution in [3.63, 3.8) is 0 Å². The summed E-state index contributed by atoms with van der Waals surface area (Å²) in [7, 11) is 0. The standard InChI is InChI=1S/C31H36N6OS/c1-6-11-35-12-14-36(15-13-35)25-18-24(19-32-20-25)26-21-37(34-33-26)27-16-23(8-7-22(27)2)17-28(38)29-9-10-30(39-29)31(3,4)5/h6-10,16,18-21H,1,11-15,17H2,2-5H3. The number of carbonyl (C=O) groups excluding carboxylic acids is 1. The maximum atomic E-state index is 13.0. The summed E-state index contributed by atoms with van der Waals surface area (Å²) < 4.78 is 1.79. The van der Waals surface area contributed by atoms with Crippen LogP contribution in [-0.2, 0) is 11.8 Å². The van der Waals surface area contributed by atoms with Crippen LogP contribution in [0.15, 0.2) is 67.6 Å². The summed E-state index contributed by atoms with van der Waals surface area (Å²) in [6.45, 7) is 17.3. The number of Topliss-reactive ketones (excluding diaryl/α,β-unsaturated/α-hetero) is 1. The Balaban J connectivity index is 1.32. The molecule has 0 unspecified atom stereocenters. The van der Waals surface area contributed by atoms with Crippen molar-refractivity contribution in [2.75, 3.05) is 37.6 Å². The van der Waals surface area contributed by atoms with Gasteiger partial charge in [0.2, 0.25) is 0 Å². The molecule has 0 radical (unpaired) electrons. The largest absolute Gasteiger partial charge is 0.368 e. The lowest BCUT2D eigenvalue weighted by molar-refractivity contribution is 0.0997. The zero-order valence-corrected chi connectivity index (χ0v) is 24.0. The van der Waals surface area contributed by atoms with Gasteiger partial charge in [-0.1, -0.05) is 44.2 Å². The molecule has 39 heavy (non-hydrogen) atoms. The van der Waals surface area contributed by atoms with Gasteiger partial charge >= 0.3 is 0 Å². The van der Waals surface area contributed by atoms with Crippen LogP contribution in [-0.4, -0.2) is 63.4 Å². The molecule has 0 aliphatic carbocycles. The summed E-state index contributed by atoms with van der Waals surface area (Å²) in [6, 6.07) is 12.3. The Morgan fingerprint density at radius 3 is 2.59 bits per heavy atom. The highest BCUT2D eigenvalue weighted by atomic mass is 32.1. The van der Waals surface area contributed by atoms with Gasteiger partial charge in [0.05, 0.1) is 28.6 Å². The molecule has 4 aromatic rings. The van der Waals surface area contributed by atoms with Crippen LogP contribution >= 0.6 is 11.3 Å². The Morgan fingerprint density at radius 2 is 1.87 bits per heavy atom. The molecule has 0 spiro atoms. The molecule has 0 amide bonds. The van der Waals surface area contributed by atoms with Crippen molar-refractivity contribution in [1.82, 2.24) is 24.9 Å². The second-order valence-electron chi connectivity index (χ2n) is 11.2. The summed E-state index contributed by atoms with van der Waals surface area (Å²) in [4.78, 5) is 24.3. The minimum atomic E-state index is 0.0421. The number of nitrogens with zero attached hydrogens (tertiary/aromatic N) is 6. The van der Waals surface area contributed by atoms with Crippen molar-refractivity contribution in [2.45, 2.75) is 39.5 Å². The summed E-state index contributed by atoms with van der Waals surface area (Å²) in [5.74, 6) is 0.137. The van der Waals surface area contributed by atoms with E-state index in [2.05, 4.69) is 64.6 Å². The maximum absolute atomic E-state index is 13.0. The van der Waals surface area contributed by atoms with E-state index in [4.69, 9.17) is 0 Å². The molecule has 7 nitrogen and oxygen atoms in total. The molecule has 3 aromatic heterocycles. The topological polar surface area (TPSA) is 67.2 Å². The van der Waals surface area contributed by atoms with Gasteiger partial charge in [0, 0.05) is 55.8 Å². The molecule has 1 saturated heterocycles. The van der Waals surface area contributed by atoms with E-state index in [1.54, 1.807) is 16.0 Å². The van der Waals surface area contributed by atoms with Gasteiger partial charge in [-0.05, 0) is 47.7 Å². The summed E-state index contributed by atoms with van der Waals surface area (Å²) >= 11 is 1.59. The summed E-state index contributed by atoms with van der Waals surface area (Å²) in [5.41, 5.74) is 5.79. The Bertz CT molecular complexity index is 1470. The summed E-state index contributed by atoms with van der Waals surface area (Å²) in [5, 5.41) is 8.89. The molecule has 5 rings (SSSR count). The molecular formula is C31H36N6OS. The SMILES string of the molecule is C=CCN1CCN(c2cncc(-c3cn(-c4cc(CC(=O)c5ccc(C(C)(C)C)s5)ccc4C)nn3)c2)CC1. The number of thiophene rings is 1. The Hall–Kier alpha value is -3.62. The minimum absolute atomic E-state index is 0.0421. The maximum Gasteiger partial charge on any atom is 0.177 e. The fourth-order valence-electron chi connectivity index (χ4n) is 4.80. The predicted molar refractivity (Wildman–Crippen MR) is 159 cm³/mol. The molecule has 202 valence electrons. The van der Waals surface area contributed by atoms with E-state index in [-0.39, 0.29) is 11.2 Å². The Labute approximate surface area is 234 Å². The molecule has 1 aliphatic rings. The highest BCUT2D eigenvalue weighted by molar-refractivity contribution is 7.14. The second-order valence-corrected chi connectivity index (χ2v) is 12.3. The fraction of sp³-hybridized carbons (Fsp3) is 0.355. The van der Waals surface area contributed by atoms with E-state index in [0.29, 0.717) is 6.42 Å². The molecule has 0 atom stereocenters. The Kier molecular flexibility index (Phi) is 7.77. The van der Waals surface area contributed by atoms with Crippen molar-refractivity contribution in [3.8, 4) is 16.9 Å². The summed E-state index contributed by atoms with van der Waals surface area (Å²) in [6.07, 6.45) is 8.00. The highest BCUT2D eigenvalue weighted by Gasteiger charge is 2.20. The fourth-order valence-corrected chi connectivity index (χ4v) is 5.80.